The van der Waals surface area contributed by atoms with E-state index >= 15 is 0 Å². The summed E-state index contributed by atoms with van der Waals surface area (Å²) in [5, 5.41) is 5.17. The van der Waals surface area contributed by atoms with Gasteiger partial charge >= 0.3 is 0 Å². The van der Waals surface area contributed by atoms with Gasteiger partial charge in [-0.3, -0.25) is 10.1 Å². The lowest BCUT2D eigenvalue weighted by Gasteiger charge is -2.07. The summed E-state index contributed by atoms with van der Waals surface area (Å²) in [4.78, 5) is 20.9. The molecule has 0 bridgehead atoms. The number of carbonyl (C=O) groups is 1. The van der Waals surface area contributed by atoms with Crippen molar-refractivity contribution in [2.75, 3.05) is 12.4 Å². The van der Waals surface area contributed by atoms with Gasteiger partial charge in [-0.25, -0.2) is 9.97 Å². The van der Waals surface area contributed by atoms with Gasteiger partial charge in [-0.05, 0) is 12.1 Å². The van der Waals surface area contributed by atoms with E-state index in [2.05, 4.69) is 15.3 Å². The first-order chi connectivity index (χ1) is 10.7. The Bertz CT molecular complexity index is 809. The lowest BCUT2D eigenvalue weighted by Crippen LogP contribution is -2.12. The molecule has 22 heavy (non-hydrogen) atoms. The minimum absolute atomic E-state index is 0.252. The molecule has 0 aliphatic carbocycles. The summed E-state index contributed by atoms with van der Waals surface area (Å²) in [6.07, 6.45) is 3.56. The van der Waals surface area contributed by atoms with Gasteiger partial charge in [0.2, 0.25) is 0 Å². The van der Waals surface area contributed by atoms with Gasteiger partial charge in [0.15, 0.2) is 11.0 Å². The molecule has 3 rings (SSSR count). The first-order valence-electron chi connectivity index (χ1n) is 6.56. The van der Waals surface area contributed by atoms with E-state index in [0.717, 1.165) is 11.5 Å². The summed E-state index contributed by atoms with van der Waals surface area (Å²) in [5.74, 6) is 1.04. The summed E-state index contributed by atoms with van der Waals surface area (Å²) in [6.45, 7) is 0. The van der Waals surface area contributed by atoms with Crippen LogP contribution in [0, 0.1) is 0 Å². The lowest BCUT2D eigenvalue weighted by atomic mass is 10.2. The van der Waals surface area contributed by atoms with Crippen LogP contribution in [-0.2, 0) is 7.05 Å². The number of thiazole rings is 1. The van der Waals surface area contributed by atoms with Crippen molar-refractivity contribution in [1.82, 2.24) is 14.5 Å². The van der Waals surface area contributed by atoms with Gasteiger partial charge < -0.3 is 9.30 Å². The second-order valence-electron chi connectivity index (χ2n) is 4.55. The zero-order valence-corrected chi connectivity index (χ0v) is 12.9. The Labute approximate surface area is 131 Å². The topological polar surface area (TPSA) is 69.0 Å². The van der Waals surface area contributed by atoms with Crippen LogP contribution in [0.3, 0.4) is 0 Å². The number of rotatable bonds is 4. The van der Waals surface area contributed by atoms with Crippen LogP contribution < -0.4 is 10.1 Å². The normalized spacial score (nSPS) is 10.5. The Hall–Kier alpha value is -2.67. The third kappa shape index (κ3) is 2.71. The molecule has 0 fully saturated rings. The number of nitrogens with zero attached hydrogens (tertiary/aromatic N) is 3. The molecule has 0 saturated carbocycles. The molecule has 0 unspecified atom stereocenters. The number of para-hydroxylation sites is 1. The molecule has 1 amide bonds. The Morgan fingerprint density at radius 2 is 2.18 bits per heavy atom. The first kappa shape index (κ1) is 14.3. The second-order valence-corrected chi connectivity index (χ2v) is 5.41. The van der Waals surface area contributed by atoms with Gasteiger partial charge in [0, 0.05) is 24.8 Å². The summed E-state index contributed by atoms with van der Waals surface area (Å²) >= 11 is 1.36. The molecule has 1 N–H and O–H groups in total. The molecule has 2 aromatic heterocycles. The molecule has 0 atom stereocenters. The zero-order valence-electron chi connectivity index (χ0n) is 12.1. The average molecular weight is 314 g/mol. The SMILES string of the molecule is COc1ccccc1C(=O)Nc1nc(-c2nccn2C)cs1. The van der Waals surface area contributed by atoms with E-state index in [9.17, 15) is 4.79 Å². The van der Waals surface area contributed by atoms with E-state index < -0.39 is 0 Å². The Morgan fingerprint density at radius 1 is 1.36 bits per heavy atom. The number of carbonyl (C=O) groups excluding carboxylic acids is 1. The number of aryl methyl sites for hydroxylation is 1. The maximum Gasteiger partial charge on any atom is 0.261 e. The van der Waals surface area contributed by atoms with Crippen LogP contribution in [-0.4, -0.2) is 27.6 Å². The molecule has 2 heterocycles. The fourth-order valence-corrected chi connectivity index (χ4v) is 2.73. The van der Waals surface area contributed by atoms with E-state index in [1.54, 1.807) is 24.4 Å². The second kappa shape index (κ2) is 5.98. The van der Waals surface area contributed by atoms with Crippen molar-refractivity contribution in [3.8, 4) is 17.3 Å². The highest BCUT2D eigenvalue weighted by molar-refractivity contribution is 7.14. The largest absolute Gasteiger partial charge is 0.496 e. The molecular weight excluding hydrogens is 300 g/mol. The van der Waals surface area contributed by atoms with Crippen molar-refractivity contribution in [1.29, 1.82) is 0 Å². The van der Waals surface area contributed by atoms with Crippen molar-refractivity contribution < 1.29 is 9.53 Å². The van der Waals surface area contributed by atoms with E-state index in [1.807, 2.05) is 29.3 Å². The molecule has 1 aromatic carbocycles. The lowest BCUT2D eigenvalue weighted by molar-refractivity contribution is 0.102. The van der Waals surface area contributed by atoms with Gasteiger partial charge in [0.25, 0.3) is 5.91 Å². The molecule has 0 aliphatic rings. The highest BCUT2D eigenvalue weighted by atomic mass is 32.1. The maximum atomic E-state index is 12.3. The highest BCUT2D eigenvalue weighted by Gasteiger charge is 2.14. The van der Waals surface area contributed by atoms with Gasteiger partial charge in [0.05, 0.1) is 12.7 Å². The van der Waals surface area contributed by atoms with Gasteiger partial charge in [-0.1, -0.05) is 12.1 Å². The molecule has 0 saturated heterocycles. The monoisotopic (exact) mass is 314 g/mol. The van der Waals surface area contributed by atoms with Crippen LogP contribution in [0.25, 0.3) is 11.5 Å². The number of nitrogens with one attached hydrogen (secondary N) is 1. The Balaban J connectivity index is 1.81. The zero-order chi connectivity index (χ0) is 15.5. The molecule has 6 nitrogen and oxygen atoms in total. The summed E-state index contributed by atoms with van der Waals surface area (Å²) < 4.78 is 7.07. The first-order valence-corrected chi connectivity index (χ1v) is 7.44. The number of aromatic nitrogens is 3. The Kier molecular flexibility index (Phi) is 3.88. The summed E-state index contributed by atoms with van der Waals surface area (Å²) in [7, 11) is 3.43. The number of methoxy groups -OCH3 is 1. The number of imidazole rings is 1. The number of hydrogen-bond acceptors (Lipinski definition) is 5. The molecular formula is C15H14N4O2S. The molecule has 7 heteroatoms. The van der Waals surface area contributed by atoms with E-state index in [1.165, 1.54) is 18.4 Å². The number of hydrogen-bond donors (Lipinski definition) is 1. The van der Waals surface area contributed by atoms with Crippen LogP contribution >= 0.6 is 11.3 Å². The minimum Gasteiger partial charge on any atom is -0.496 e. The summed E-state index contributed by atoms with van der Waals surface area (Å²) in [5.41, 5.74) is 1.20. The van der Waals surface area contributed by atoms with Crippen molar-refractivity contribution >= 4 is 22.4 Å². The number of ether oxygens (including phenoxy) is 1. The molecule has 0 aliphatic heterocycles. The number of benzene rings is 1. The van der Waals surface area contributed by atoms with Crippen LogP contribution in [0.4, 0.5) is 5.13 Å². The van der Waals surface area contributed by atoms with Crippen molar-refractivity contribution in [3.05, 3.63) is 47.6 Å². The van der Waals surface area contributed by atoms with Crippen molar-refractivity contribution in [2.24, 2.45) is 7.05 Å². The third-order valence-electron chi connectivity index (χ3n) is 3.13. The predicted molar refractivity (Wildman–Crippen MR) is 85.3 cm³/mol. The maximum absolute atomic E-state index is 12.3. The highest BCUT2D eigenvalue weighted by Crippen LogP contribution is 2.25. The van der Waals surface area contributed by atoms with Crippen LogP contribution in [0.15, 0.2) is 42.0 Å². The average Bonchev–Trinajstić information content (AvgIpc) is 3.15. The van der Waals surface area contributed by atoms with Crippen molar-refractivity contribution in [2.45, 2.75) is 0 Å². The van der Waals surface area contributed by atoms with Gasteiger partial charge in [0.1, 0.15) is 11.4 Å². The van der Waals surface area contributed by atoms with Crippen LogP contribution in [0.5, 0.6) is 5.75 Å². The van der Waals surface area contributed by atoms with Gasteiger partial charge in [-0.2, -0.15) is 0 Å². The van der Waals surface area contributed by atoms with Gasteiger partial charge in [-0.15, -0.1) is 11.3 Å². The third-order valence-corrected chi connectivity index (χ3v) is 3.88. The van der Waals surface area contributed by atoms with E-state index in [4.69, 9.17) is 4.74 Å². The quantitative estimate of drug-likeness (QED) is 0.804. The van der Waals surface area contributed by atoms with Crippen molar-refractivity contribution in [3.63, 3.8) is 0 Å². The fourth-order valence-electron chi connectivity index (χ4n) is 2.04. The minimum atomic E-state index is -0.252. The Morgan fingerprint density at radius 3 is 2.91 bits per heavy atom. The molecule has 3 aromatic rings. The predicted octanol–water partition coefficient (Wildman–Crippen LogP) is 2.80. The smallest absolute Gasteiger partial charge is 0.261 e. The van der Waals surface area contributed by atoms with Crippen LogP contribution in [0.1, 0.15) is 10.4 Å². The summed E-state index contributed by atoms with van der Waals surface area (Å²) in [6, 6.07) is 7.06. The molecule has 112 valence electrons. The molecule has 0 spiro atoms. The van der Waals surface area contributed by atoms with E-state index in [0.29, 0.717) is 16.4 Å². The number of amides is 1. The fraction of sp³-hybridized carbons (Fsp3) is 0.133. The van der Waals surface area contributed by atoms with E-state index in [-0.39, 0.29) is 5.91 Å². The number of anilines is 1. The standard InChI is InChI=1S/C15H14N4O2S/c1-19-8-7-16-13(19)11-9-22-15(17-11)18-14(20)10-5-3-4-6-12(10)21-2/h3-9H,1-2H3,(H,17,18,20). The molecule has 0 radical (unpaired) electrons. The van der Waals surface area contributed by atoms with Crippen LogP contribution in [0.2, 0.25) is 0 Å².